The zero-order valence-electron chi connectivity index (χ0n) is 10.8. The van der Waals surface area contributed by atoms with E-state index in [4.69, 9.17) is 0 Å². The molecule has 2 aliphatic rings. The molecule has 100 valence electrons. The summed E-state index contributed by atoms with van der Waals surface area (Å²) in [6.45, 7) is 1.00. The van der Waals surface area contributed by atoms with Crippen molar-refractivity contribution in [2.45, 2.75) is 69.4 Å². The van der Waals surface area contributed by atoms with Gasteiger partial charge in [0.25, 0.3) is 0 Å². The van der Waals surface area contributed by atoms with Gasteiger partial charge in [-0.1, -0.05) is 32.1 Å². The zero-order valence-corrected chi connectivity index (χ0v) is 10.8. The van der Waals surface area contributed by atoms with Crippen molar-refractivity contribution in [2.24, 2.45) is 5.92 Å². The molecule has 3 heteroatoms. The number of hydrogen-bond donors (Lipinski definition) is 3. The minimum absolute atomic E-state index is 0.288. The smallest absolute Gasteiger partial charge is 0.0771 e. The Morgan fingerprint density at radius 2 is 1.71 bits per heavy atom. The van der Waals surface area contributed by atoms with Crippen LogP contribution in [0.25, 0.3) is 0 Å². The summed E-state index contributed by atoms with van der Waals surface area (Å²) in [5.74, 6) is 0.407. The van der Waals surface area contributed by atoms with Gasteiger partial charge in [-0.3, -0.25) is 0 Å². The summed E-state index contributed by atoms with van der Waals surface area (Å²) >= 11 is 0. The summed E-state index contributed by atoms with van der Waals surface area (Å²) in [4.78, 5) is 0. The first-order valence-electron chi connectivity index (χ1n) is 7.30. The van der Waals surface area contributed by atoms with Crippen LogP contribution in [0.4, 0.5) is 0 Å². The fraction of sp³-hybridized carbons (Fsp3) is 1.00. The summed E-state index contributed by atoms with van der Waals surface area (Å²) in [6.07, 6.45) is 10.2. The van der Waals surface area contributed by atoms with Crippen LogP contribution in [-0.2, 0) is 0 Å². The molecule has 0 bridgehead atoms. The van der Waals surface area contributed by atoms with Crippen molar-refractivity contribution >= 4 is 0 Å². The van der Waals surface area contributed by atoms with Crippen LogP contribution in [0.1, 0.15) is 57.8 Å². The molecule has 2 aliphatic carbocycles. The second-order valence-corrected chi connectivity index (χ2v) is 6.00. The van der Waals surface area contributed by atoms with Gasteiger partial charge in [0.05, 0.1) is 5.60 Å². The first-order chi connectivity index (χ1) is 8.23. The first-order valence-corrected chi connectivity index (χ1v) is 7.30. The molecule has 17 heavy (non-hydrogen) atoms. The molecule has 0 aliphatic heterocycles. The van der Waals surface area contributed by atoms with Crippen molar-refractivity contribution in [1.82, 2.24) is 5.32 Å². The highest BCUT2D eigenvalue weighted by Gasteiger charge is 2.31. The molecular weight excluding hydrogens is 214 g/mol. The van der Waals surface area contributed by atoms with Gasteiger partial charge in [-0.25, -0.2) is 0 Å². The molecule has 0 amide bonds. The van der Waals surface area contributed by atoms with Crippen molar-refractivity contribution in [3.8, 4) is 0 Å². The third-order valence-electron chi connectivity index (χ3n) is 4.62. The predicted molar refractivity (Wildman–Crippen MR) is 68.9 cm³/mol. The lowest BCUT2D eigenvalue weighted by atomic mass is 9.93. The molecule has 2 fully saturated rings. The number of aliphatic hydroxyl groups is 2. The minimum Gasteiger partial charge on any atom is -0.396 e. The van der Waals surface area contributed by atoms with Crippen molar-refractivity contribution in [3.63, 3.8) is 0 Å². The SMILES string of the molecule is OCC1CCCC1NCC1(O)CCCCCC1. The number of rotatable bonds is 4. The third-order valence-corrected chi connectivity index (χ3v) is 4.62. The number of hydrogen-bond acceptors (Lipinski definition) is 3. The molecule has 0 aromatic heterocycles. The molecule has 2 saturated carbocycles. The average molecular weight is 241 g/mol. The van der Waals surface area contributed by atoms with E-state index in [9.17, 15) is 10.2 Å². The van der Waals surface area contributed by atoms with Crippen molar-refractivity contribution in [3.05, 3.63) is 0 Å². The van der Waals surface area contributed by atoms with E-state index in [1.165, 1.54) is 19.3 Å². The van der Waals surface area contributed by atoms with Crippen molar-refractivity contribution < 1.29 is 10.2 Å². The molecule has 3 N–H and O–H groups in total. The van der Waals surface area contributed by atoms with E-state index in [0.29, 0.717) is 18.5 Å². The molecule has 2 atom stereocenters. The zero-order chi connectivity index (χ0) is 12.1. The molecule has 0 saturated heterocycles. The molecular formula is C14H27NO2. The van der Waals surface area contributed by atoms with E-state index in [1.807, 2.05) is 0 Å². The van der Waals surface area contributed by atoms with Crippen molar-refractivity contribution in [1.29, 1.82) is 0 Å². The second kappa shape index (κ2) is 6.17. The van der Waals surface area contributed by atoms with Crippen LogP contribution >= 0.6 is 0 Å². The standard InChI is InChI=1S/C14H27NO2/c16-10-12-6-5-7-13(12)15-11-14(17)8-3-1-2-4-9-14/h12-13,15-17H,1-11H2. The van der Waals surface area contributed by atoms with Crippen LogP contribution in [0.3, 0.4) is 0 Å². The Hall–Kier alpha value is -0.120. The molecule has 0 radical (unpaired) electrons. The third kappa shape index (κ3) is 3.67. The fourth-order valence-corrected chi connectivity index (χ4v) is 3.41. The summed E-state index contributed by atoms with van der Waals surface area (Å²) in [7, 11) is 0. The van der Waals surface area contributed by atoms with Gasteiger partial charge in [-0.2, -0.15) is 0 Å². The largest absolute Gasteiger partial charge is 0.396 e. The molecule has 0 spiro atoms. The van der Waals surface area contributed by atoms with Gasteiger partial charge in [-0.05, 0) is 31.6 Å². The van der Waals surface area contributed by atoms with Gasteiger partial charge < -0.3 is 15.5 Å². The summed E-state index contributed by atoms with van der Waals surface area (Å²) in [6, 6.07) is 0.423. The Kier molecular flexibility index (Phi) is 4.83. The molecule has 0 aromatic rings. The highest BCUT2D eigenvalue weighted by Crippen LogP contribution is 2.29. The van der Waals surface area contributed by atoms with E-state index in [2.05, 4.69) is 5.32 Å². The van der Waals surface area contributed by atoms with E-state index >= 15 is 0 Å². The lowest BCUT2D eigenvalue weighted by molar-refractivity contribution is 0.0205. The minimum atomic E-state index is -0.487. The molecule has 3 nitrogen and oxygen atoms in total. The monoisotopic (exact) mass is 241 g/mol. The topological polar surface area (TPSA) is 52.5 Å². The summed E-state index contributed by atoms with van der Waals surface area (Å²) in [5.41, 5.74) is -0.487. The Labute approximate surface area is 105 Å². The molecule has 2 unspecified atom stereocenters. The number of aliphatic hydroxyl groups excluding tert-OH is 1. The van der Waals surface area contributed by atoms with Crippen LogP contribution in [-0.4, -0.2) is 35.0 Å². The van der Waals surface area contributed by atoms with Crippen LogP contribution < -0.4 is 5.32 Å². The quantitative estimate of drug-likeness (QED) is 0.658. The average Bonchev–Trinajstić information content (AvgIpc) is 2.68. The lowest BCUT2D eigenvalue weighted by Gasteiger charge is -2.30. The van der Waals surface area contributed by atoms with E-state index in [-0.39, 0.29) is 6.61 Å². The Bertz CT molecular complexity index is 224. The van der Waals surface area contributed by atoms with E-state index in [0.717, 1.165) is 38.5 Å². The van der Waals surface area contributed by atoms with Crippen LogP contribution in [0.15, 0.2) is 0 Å². The van der Waals surface area contributed by atoms with Gasteiger partial charge in [0.15, 0.2) is 0 Å². The first kappa shape index (κ1) is 13.3. The Morgan fingerprint density at radius 3 is 2.35 bits per heavy atom. The molecule has 0 aromatic carbocycles. The van der Waals surface area contributed by atoms with Gasteiger partial charge in [-0.15, -0.1) is 0 Å². The summed E-state index contributed by atoms with van der Waals surface area (Å²) < 4.78 is 0. The maximum Gasteiger partial charge on any atom is 0.0771 e. The maximum absolute atomic E-state index is 10.5. The predicted octanol–water partition coefficient (Wildman–Crippen LogP) is 1.82. The lowest BCUT2D eigenvalue weighted by Crippen LogP contribution is -2.45. The van der Waals surface area contributed by atoms with E-state index < -0.39 is 5.60 Å². The van der Waals surface area contributed by atoms with Crippen LogP contribution in [0, 0.1) is 5.92 Å². The van der Waals surface area contributed by atoms with Gasteiger partial charge in [0.1, 0.15) is 0 Å². The molecule has 0 heterocycles. The number of nitrogens with one attached hydrogen (secondary N) is 1. The van der Waals surface area contributed by atoms with Crippen LogP contribution in [0.2, 0.25) is 0 Å². The van der Waals surface area contributed by atoms with Gasteiger partial charge >= 0.3 is 0 Å². The normalized spacial score (nSPS) is 33.5. The fourth-order valence-electron chi connectivity index (χ4n) is 3.41. The summed E-state index contributed by atoms with van der Waals surface area (Å²) in [5, 5.41) is 23.3. The highest BCUT2D eigenvalue weighted by molar-refractivity contribution is 4.88. The van der Waals surface area contributed by atoms with Gasteiger partial charge in [0.2, 0.25) is 0 Å². The maximum atomic E-state index is 10.5. The Morgan fingerprint density at radius 1 is 1.00 bits per heavy atom. The van der Waals surface area contributed by atoms with Crippen LogP contribution in [0.5, 0.6) is 0 Å². The van der Waals surface area contributed by atoms with E-state index in [1.54, 1.807) is 0 Å². The van der Waals surface area contributed by atoms with Crippen molar-refractivity contribution in [2.75, 3.05) is 13.2 Å². The van der Waals surface area contributed by atoms with Gasteiger partial charge in [0, 0.05) is 19.2 Å². The Balaban J connectivity index is 1.79. The molecule has 2 rings (SSSR count). The highest BCUT2D eigenvalue weighted by atomic mass is 16.3. The second-order valence-electron chi connectivity index (χ2n) is 6.00.